The number of carbonyl (C=O) groups excluding carboxylic acids is 2. The van der Waals surface area contributed by atoms with Crippen LogP contribution in [0.1, 0.15) is 40.0 Å². The Morgan fingerprint density at radius 1 is 1.15 bits per heavy atom. The first-order valence-corrected chi connectivity index (χ1v) is 13.4. The zero-order valence-corrected chi connectivity index (χ0v) is 22.4. The van der Waals surface area contributed by atoms with Crippen molar-refractivity contribution < 1.29 is 19.1 Å². The minimum Gasteiger partial charge on any atom is -0.508 e. The molecule has 204 valence electrons. The summed E-state index contributed by atoms with van der Waals surface area (Å²) >= 11 is 0. The molecule has 2 N–H and O–H groups in total. The molecule has 3 heterocycles. The van der Waals surface area contributed by atoms with Crippen molar-refractivity contribution in [3.8, 4) is 5.75 Å². The largest absolute Gasteiger partial charge is 0.508 e. The van der Waals surface area contributed by atoms with Gasteiger partial charge in [-0.25, -0.2) is 4.39 Å². The van der Waals surface area contributed by atoms with Crippen LogP contribution in [-0.4, -0.2) is 66.6 Å². The Labute approximate surface area is 228 Å². The molecule has 0 atom stereocenters. The first-order chi connectivity index (χ1) is 18.9. The number of halogens is 1. The molecule has 2 aliphatic heterocycles. The van der Waals surface area contributed by atoms with Crippen LogP contribution in [0.4, 0.5) is 21.5 Å². The summed E-state index contributed by atoms with van der Waals surface area (Å²) < 4.78 is 13.6. The van der Waals surface area contributed by atoms with Crippen molar-refractivity contribution in [2.75, 3.05) is 48.3 Å². The molecule has 2 amide bonds. The third-order valence-electron chi connectivity index (χ3n) is 7.88. The molecule has 3 aromatic rings. The SMILES string of the molecule is CNc1ccc(O)cc1CCN(C=O)C1CCN(c2cc(C(=O)N3CCc4cc(F)ccc43)ncc2C)CC1. The number of rotatable bonds is 8. The van der Waals surface area contributed by atoms with Crippen molar-refractivity contribution in [3.63, 3.8) is 0 Å². The lowest BCUT2D eigenvalue weighted by atomic mass is 10.0. The monoisotopic (exact) mass is 531 g/mol. The van der Waals surface area contributed by atoms with Crippen LogP contribution in [0.3, 0.4) is 0 Å². The van der Waals surface area contributed by atoms with E-state index >= 15 is 0 Å². The summed E-state index contributed by atoms with van der Waals surface area (Å²) in [7, 11) is 1.84. The quantitative estimate of drug-likeness (QED) is 0.335. The average Bonchev–Trinajstić information content (AvgIpc) is 3.37. The lowest BCUT2D eigenvalue weighted by molar-refractivity contribution is -0.120. The predicted molar refractivity (Wildman–Crippen MR) is 150 cm³/mol. The Kier molecular flexibility index (Phi) is 7.67. The molecule has 39 heavy (non-hydrogen) atoms. The molecule has 2 aromatic carbocycles. The second kappa shape index (κ2) is 11.3. The van der Waals surface area contributed by atoms with E-state index in [0.717, 1.165) is 66.1 Å². The van der Waals surface area contributed by atoms with Crippen molar-refractivity contribution in [2.45, 2.75) is 38.6 Å². The maximum Gasteiger partial charge on any atom is 0.276 e. The number of fused-ring (bicyclic) bond motifs is 1. The molecule has 8 nitrogen and oxygen atoms in total. The fraction of sp³-hybridized carbons (Fsp3) is 0.367. The zero-order chi connectivity index (χ0) is 27.5. The lowest BCUT2D eigenvalue weighted by Crippen LogP contribution is -2.45. The van der Waals surface area contributed by atoms with Gasteiger partial charge < -0.3 is 25.1 Å². The molecular formula is C30H34FN5O3. The van der Waals surface area contributed by atoms with Gasteiger partial charge in [0.1, 0.15) is 17.3 Å². The summed E-state index contributed by atoms with van der Waals surface area (Å²) in [6.07, 6.45) is 5.56. The first-order valence-electron chi connectivity index (χ1n) is 13.4. The first kappa shape index (κ1) is 26.5. The molecule has 1 fully saturated rings. The van der Waals surface area contributed by atoms with Gasteiger partial charge >= 0.3 is 0 Å². The standard InChI is InChI=1S/C30H34FN5O3/c1-20-18-33-27(30(39)36-14-8-22-15-23(31)3-6-28(22)36)17-29(20)34-12-9-24(10-13-34)35(19-37)11-7-21-16-25(38)4-5-26(21)32-2/h3-6,15-19,24,32,38H,7-14H2,1-2H3. The van der Waals surface area contributed by atoms with Gasteiger partial charge in [0.05, 0.1) is 0 Å². The molecule has 0 aliphatic carbocycles. The third kappa shape index (κ3) is 5.53. The van der Waals surface area contributed by atoms with E-state index < -0.39 is 0 Å². The average molecular weight is 532 g/mol. The van der Waals surface area contributed by atoms with E-state index in [1.807, 2.05) is 31.0 Å². The highest BCUT2D eigenvalue weighted by Crippen LogP contribution is 2.31. The van der Waals surface area contributed by atoms with Crippen molar-refractivity contribution in [3.05, 3.63) is 76.9 Å². The van der Waals surface area contributed by atoms with E-state index in [1.54, 1.807) is 29.3 Å². The summed E-state index contributed by atoms with van der Waals surface area (Å²) in [5, 5.41) is 13.0. The van der Waals surface area contributed by atoms with Gasteiger partial charge in [-0.1, -0.05) is 0 Å². The molecule has 0 unspecified atom stereocenters. The van der Waals surface area contributed by atoms with Crippen LogP contribution in [0.2, 0.25) is 0 Å². The van der Waals surface area contributed by atoms with Gasteiger partial charge in [0.2, 0.25) is 6.41 Å². The molecule has 9 heteroatoms. The van der Waals surface area contributed by atoms with Gasteiger partial charge in [-0.2, -0.15) is 0 Å². The number of pyridine rings is 1. The summed E-state index contributed by atoms with van der Waals surface area (Å²) in [6, 6.07) is 11.7. The number of nitrogens with one attached hydrogen (secondary N) is 1. The number of aromatic nitrogens is 1. The molecule has 1 saturated heterocycles. The number of nitrogens with zero attached hydrogens (tertiary/aromatic N) is 4. The molecular weight excluding hydrogens is 497 g/mol. The highest BCUT2D eigenvalue weighted by Gasteiger charge is 2.29. The fourth-order valence-electron chi connectivity index (χ4n) is 5.73. The van der Waals surface area contributed by atoms with Gasteiger partial charge in [0.15, 0.2) is 0 Å². The minimum absolute atomic E-state index is 0.124. The number of hydrogen-bond donors (Lipinski definition) is 2. The molecule has 0 bridgehead atoms. The van der Waals surface area contributed by atoms with Crippen LogP contribution in [-0.2, 0) is 17.6 Å². The maximum absolute atomic E-state index is 13.6. The van der Waals surface area contributed by atoms with E-state index in [2.05, 4.69) is 15.2 Å². The molecule has 0 radical (unpaired) electrons. The van der Waals surface area contributed by atoms with Gasteiger partial charge in [0, 0.05) is 62.5 Å². The minimum atomic E-state index is -0.294. The molecule has 0 saturated carbocycles. The number of amides is 2. The summed E-state index contributed by atoms with van der Waals surface area (Å²) in [5.74, 6) is -0.266. The molecule has 0 spiro atoms. The molecule has 2 aliphatic rings. The van der Waals surface area contributed by atoms with Crippen LogP contribution in [0.25, 0.3) is 0 Å². The Morgan fingerprint density at radius 3 is 2.69 bits per heavy atom. The molecule has 5 rings (SSSR count). The maximum atomic E-state index is 13.6. The number of phenolic OH excluding ortho intramolecular Hbond substituents is 1. The van der Waals surface area contributed by atoms with E-state index in [-0.39, 0.29) is 23.5 Å². The highest BCUT2D eigenvalue weighted by molar-refractivity contribution is 6.06. The van der Waals surface area contributed by atoms with Crippen molar-refractivity contribution in [1.82, 2.24) is 9.88 Å². The van der Waals surface area contributed by atoms with Crippen molar-refractivity contribution >= 4 is 29.4 Å². The van der Waals surface area contributed by atoms with Gasteiger partial charge in [-0.3, -0.25) is 14.6 Å². The molecule has 1 aromatic heterocycles. The Morgan fingerprint density at radius 2 is 1.95 bits per heavy atom. The number of phenols is 1. The highest BCUT2D eigenvalue weighted by atomic mass is 19.1. The lowest BCUT2D eigenvalue weighted by Gasteiger charge is -2.38. The van der Waals surface area contributed by atoms with Crippen LogP contribution < -0.4 is 15.1 Å². The summed E-state index contributed by atoms with van der Waals surface area (Å²) in [5.41, 5.74) is 5.83. The Bertz CT molecular complexity index is 1370. The summed E-state index contributed by atoms with van der Waals surface area (Å²) in [4.78, 5) is 35.6. The second-order valence-corrected chi connectivity index (χ2v) is 10.2. The number of hydrogen-bond acceptors (Lipinski definition) is 6. The number of anilines is 3. The topological polar surface area (TPSA) is 89.0 Å². The second-order valence-electron chi connectivity index (χ2n) is 10.2. The number of carbonyl (C=O) groups is 2. The normalized spacial score (nSPS) is 15.3. The summed E-state index contributed by atoms with van der Waals surface area (Å²) in [6.45, 7) is 4.58. The number of benzene rings is 2. The number of piperidine rings is 1. The van der Waals surface area contributed by atoms with Crippen molar-refractivity contribution in [1.29, 1.82) is 0 Å². The smallest absolute Gasteiger partial charge is 0.276 e. The fourth-order valence-corrected chi connectivity index (χ4v) is 5.73. The van der Waals surface area contributed by atoms with Gasteiger partial charge in [0.25, 0.3) is 5.91 Å². The van der Waals surface area contributed by atoms with Crippen LogP contribution in [0.5, 0.6) is 5.75 Å². The predicted octanol–water partition coefficient (Wildman–Crippen LogP) is 4.15. The van der Waals surface area contributed by atoms with Crippen molar-refractivity contribution in [2.24, 2.45) is 0 Å². The van der Waals surface area contributed by atoms with Crippen LogP contribution in [0, 0.1) is 12.7 Å². The number of aromatic hydroxyl groups is 1. The van der Waals surface area contributed by atoms with Gasteiger partial charge in [-0.15, -0.1) is 0 Å². The third-order valence-corrected chi connectivity index (χ3v) is 7.88. The van der Waals surface area contributed by atoms with Crippen LogP contribution in [0.15, 0.2) is 48.7 Å². The zero-order valence-electron chi connectivity index (χ0n) is 22.4. The van der Waals surface area contributed by atoms with E-state index in [0.29, 0.717) is 31.6 Å². The van der Waals surface area contributed by atoms with E-state index in [9.17, 15) is 19.1 Å². The van der Waals surface area contributed by atoms with Crippen LogP contribution >= 0.6 is 0 Å². The number of aryl methyl sites for hydroxylation is 1. The van der Waals surface area contributed by atoms with E-state index in [1.165, 1.54) is 12.1 Å². The van der Waals surface area contributed by atoms with E-state index in [4.69, 9.17) is 0 Å². The van der Waals surface area contributed by atoms with Gasteiger partial charge in [-0.05, 0) is 91.8 Å². The Balaban J connectivity index is 1.24. The Hall–Kier alpha value is -4.14.